The smallest absolute Gasteiger partial charge is 0.125 e. The van der Waals surface area contributed by atoms with E-state index in [0.29, 0.717) is 0 Å². The third kappa shape index (κ3) is 1.58. The number of aryl methyl sites for hydroxylation is 2. The Labute approximate surface area is 111 Å². The topological polar surface area (TPSA) is 29.5 Å². The summed E-state index contributed by atoms with van der Waals surface area (Å²) in [7, 11) is 1.66. The highest BCUT2D eigenvalue weighted by atomic mass is 32.1. The van der Waals surface area contributed by atoms with Crippen molar-refractivity contribution in [2.24, 2.45) is 0 Å². The quantitative estimate of drug-likeness (QED) is 0.898. The molecule has 1 aliphatic carbocycles. The fraction of sp³-hybridized carbons (Fsp3) is 0.333. The molecule has 3 rings (SSSR count). The van der Waals surface area contributed by atoms with Crippen LogP contribution in [-0.4, -0.2) is 12.2 Å². The fourth-order valence-electron chi connectivity index (χ4n) is 2.77. The van der Waals surface area contributed by atoms with E-state index in [1.54, 1.807) is 18.4 Å². The Bertz CT molecular complexity index is 588. The van der Waals surface area contributed by atoms with Crippen LogP contribution in [0.2, 0.25) is 0 Å². The van der Waals surface area contributed by atoms with Crippen molar-refractivity contribution < 1.29 is 9.84 Å². The third-order valence-electron chi connectivity index (χ3n) is 3.76. The van der Waals surface area contributed by atoms with Crippen molar-refractivity contribution in [1.29, 1.82) is 0 Å². The van der Waals surface area contributed by atoms with Crippen molar-refractivity contribution in [2.45, 2.75) is 25.4 Å². The number of hydrogen-bond acceptors (Lipinski definition) is 3. The van der Waals surface area contributed by atoms with E-state index >= 15 is 0 Å². The van der Waals surface area contributed by atoms with E-state index in [4.69, 9.17) is 4.74 Å². The molecule has 0 saturated heterocycles. The average molecular weight is 260 g/mol. The van der Waals surface area contributed by atoms with Gasteiger partial charge in [-0.05, 0) is 60.0 Å². The molecule has 0 spiro atoms. The molecule has 18 heavy (non-hydrogen) atoms. The van der Waals surface area contributed by atoms with Gasteiger partial charge >= 0.3 is 0 Å². The van der Waals surface area contributed by atoms with Gasteiger partial charge in [0.05, 0.1) is 7.11 Å². The molecule has 0 radical (unpaired) electrons. The molecule has 1 aliphatic rings. The zero-order chi connectivity index (χ0) is 12.8. The molecule has 1 unspecified atom stereocenters. The molecule has 3 heteroatoms. The van der Waals surface area contributed by atoms with E-state index < -0.39 is 5.60 Å². The molecule has 94 valence electrons. The fourth-order valence-corrected chi connectivity index (χ4v) is 3.84. The average Bonchev–Trinajstić information content (AvgIpc) is 2.95. The number of benzene rings is 1. The molecular formula is C15H16O2S. The Kier molecular flexibility index (Phi) is 2.68. The molecule has 2 nitrogen and oxygen atoms in total. The molecule has 0 fully saturated rings. The summed E-state index contributed by atoms with van der Waals surface area (Å²) in [4.78, 5) is 1.06. The molecule has 0 aliphatic heterocycles. The monoisotopic (exact) mass is 260 g/mol. The second-order valence-electron chi connectivity index (χ2n) is 4.82. The largest absolute Gasteiger partial charge is 0.497 e. The van der Waals surface area contributed by atoms with Gasteiger partial charge in [0.15, 0.2) is 0 Å². The maximum Gasteiger partial charge on any atom is 0.125 e. The summed E-state index contributed by atoms with van der Waals surface area (Å²) in [5.74, 6) is 0.809. The molecule has 1 heterocycles. The van der Waals surface area contributed by atoms with Gasteiger partial charge in [0, 0.05) is 4.88 Å². The minimum absolute atomic E-state index is 0.761. The molecule has 0 saturated carbocycles. The van der Waals surface area contributed by atoms with Crippen LogP contribution in [0.1, 0.15) is 28.0 Å². The Morgan fingerprint density at radius 3 is 2.83 bits per heavy atom. The molecule has 1 aromatic heterocycles. The van der Waals surface area contributed by atoms with E-state index in [0.717, 1.165) is 34.6 Å². The van der Waals surface area contributed by atoms with E-state index in [-0.39, 0.29) is 0 Å². The van der Waals surface area contributed by atoms with Crippen LogP contribution in [0.25, 0.3) is 0 Å². The highest BCUT2D eigenvalue weighted by Crippen LogP contribution is 2.46. The zero-order valence-electron chi connectivity index (χ0n) is 10.6. The summed E-state index contributed by atoms with van der Waals surface area (Å²) in [6.07, 6.45) is 1.68. The van der Waals surface area contributed by atoms with Crippen molar-refractivity contribution in [2.75, 3.05) is 7.11 Å². The first-order valence-corrected chi connectivity index (χ1v) is 6.97. The van der Waals surface area contributed by atoms with E-state index in [9.17, 15) is 5.11 Å². The molecule has 0 amide bonds. The Morgan fingerprint density at radius 1 is 1.33 bits per heavy atom. The lowest BCUT2D eigenvalue weighted by Crippen LogP contribution is -2.23. The lowest BCUT2D eigenvalue weighted by molar-refractivity contribution is 0.0860. The third-order valence-corrected chi connectivity index (χ3v) is 4.92. The van der Waals surface area contributed by atoms with Crippen molar-refractivity contribution in [1.82, 2.24) is 0 Å². The molecule has 0 bridgehead atoms. The molecule has 1 N–H and O–H groups in total. The number of hydrogen-bond donors (Lipinski definition) is 1. The van der Waals surface area contributed by atoms with Gasteiger partial charge in [0.2, 0.25) is 0 Å². The van der Waals surface area contributed by atoms with Gasteiger partial charge in [-0.1, -0.05) is 6.07 Å². The summed E-state index contributed by atoms with van der Waals surface area (Å²) in [5, 5.41) is 13.1. The van der Waals surface area contributed by atoms with Crippen molar-refractivity contribution >= 4 is 11.3 Å². The van der Waals surface area contributed by atoms with Crippen LogP contribution < -0.4 is 4.74 Å². The van der Waals surface area contributed by atoms with Crippen molar-refractivity contribution in [3.63, 3.8) is 0 Å². The van der Waals surface area contributed by atoms with Gasteiger partial charge in [0.25, 0.3) is 0 Å². The normalized spacial score (nSPS) is 21.9. The predicted molar refractivity (Wildman–Crippen MR) is 73.4 cm³/mol. The van der Waals surface area contributed by atoms with Gasteiger partial charge in [-0.2, -0.15) is 0 Å². The first-order valence-electron chi connectivity index (χ1n) is 6.09. The summed E-state index contributed by atoms with van der Waals surface area (Å²) >= 11 is 1.63. The van der Waals surface area contributed by atoms with Crippen LogP contribution >= 0.6 is 11.3 Å². The number of ether oxygens (including phenoxy) is 1. The van der Waals surface area contributed by atoms with Gasteiger partial charge in [-0.15, -0.1) is 11.3 Å². The van der Waals surface area contributed by atoms with E-state index in [1.165, 1.54) is 5.56 Å². The summed E-state index contributed by atoms with van der Waals surface area (Å²) in [5.41, 5.74) is 2.57. The second-order valence-corrected chi connectivity index (χ2v) is 5.73. The second kappa shape index (κ2) is 4.11. The van der Waals surface area contributed by atoms with Gasteiger partial charge in [0.1, 0.15) is 11.4 Å². The summed E-state index contributed by atoms with van der Waals surface area (Å²) < 4.78 is 5.27. The summed E-state index contributed by atoms with van der Waals surface area (Å²) in [6.45, 7) is 2.06. The van der Waals surface area contributed by atoms with Crippen molar-refractivity contribution in [3.05, 3.63) is 51.2 Å². The molecule has 2 aromatic rings. The highest BCUT2D eigenvalue weighted by Gasteiger charge is 2.40. The molecule has 1 atom stereocenters. The van der Waals surface area contributed by atoms with Gasteiger partial charge < -0.3 is 9.84 Å². The number of thiophene rings is 1. The van der Waals surface area contributed by atoms with E-state index in [2.05, 4.69) is 19.1 Å². The van der Waals surface area contributed by atoms with Gasteiger partial charge in [-0.3, -0.25) is 0 Å². The number of methoxy groups -OCH3 is 1. The van der Waals surface area contributed by atoms with Crippen LogP contribution in [-0.2, 0) is 12.0 Å². The maximum atomic E-state index is 11.1. The first-order chi connectivity index (χ1) is 8.65. The standard InChI is InChI=1S/C15H16O2S/c1-10-6-8-18-14(10)15(16)7-5-11-3-4-12(17-2)9-13(11)15/h3-4,6,8-9,16H,5,7H2,1-2H3. The predicted octanol–water partition coefficient (Wildman–Crippen LogP) is 3.25. The zero-order valence-corrected chi connectivity index (χ0v) is 11.4. The van der Waals surface area contributed by atoms with Crippen LogP contribution in [0.15, 0.2) is 29.6 Å². The van der Waals surface area contributed by atoms with Crippen LogP contribution in [0, 0.1) is 6.92 Å². The Morgan fingerprint density at radius 2 is 2.17 bits per heavy atom. The Hall–Kier alpha value is -1.32. The first kappa shape index (κ1) is 11.8. The number of aliphatic hydroxyl groups is 1. The lowest BCUT2D eigenvalue weighted by atomic mass is 9.92. The SMILES string of the molecule is COc1ccc2c(c1)C(O)(c1sccc1C)CC2. The van der Waals surface area contributed by atoms with Crippen molar-refractivity contribution in [3.8, 4) is 5.75 Å². The highest BCUT2D eigenvalue weighted by molar-refractivity contribution is 7.10. The van der Waals surface area contributed by atoms with Crippen LogP contribution in [0.3, 0.4) is 0 Å². The number of fused-ring (bicyclic) bond motifs is 1. The number of rotatable bonds is 2. The molecule has 1 aromatic carbocycles. The Balaban J connectivity index is 2.16. The lowest BCUT2D eigenvalue weighted by Gasteiger charge is -2.24. The maximum absolute atomic E-state index is 11.1. The molecular weight excluding hydrogens is 244 g/mol. The van der Waals surface area contributed by atoms with Crippen LogP contribution in [0.4, 0.5) is 0 Å². The summed E-state index contributed by atoms with van der Waals surface area (Å²) in [6, 6.07) is 8.07. The van der Waals surface area contributed by atoms with Gasteiger partial charge in [-0.25, -0.2) is 0 Å². The minimum Gasteiger partial charge on any atom is -0.497 e. The minimum atomic E-state index is -0.831. The van der Waals surface area contributed by atoms with E-state index in [1.807, 2.05) is 17.5 Å². The van der Waals surface area contributed by atoms with Crippen LogP contribution in [0.5, 0.6) is 5.75 Å².